The summed E-state index contributed by atoms with van der Waals surface area (Å²) >= 11 is 0. The van der Waals surface area contributed by atoms with Gasteiger partial charge in [0, 0.05) is 25.7 Å². The summed E-state index contributed by atoms with van der Waals surface area (Å²) in [6.45, 7) is 4.90. The average Bonchev–Trinajstić information content (AvgIpc) is 2.12. The van der Waals surface area contributed by atoms with Gasteiger partial charge in [-0.3, -0.25) is 37.3 Å². The van der Waals surface area contributed by atoms with Crippen LogP contribution in [0.1, 0.15) is 362 Å². The van der Waals surface area contributed by atoms with Crippen LogP contribution in [0.25, 0.3) is 0 Å². The van der Waals surface area contributed by atoms with Crippen LogP contribution < -0.4 is 0 Å². The predicted molar refractivity (Wildman–Crippen MR) is 372 cm³/mol. The highest BCUT2D eigenvalue weighted by molar-refractivity contribution is 7.47. The van der Waals surface area contributed by atoms with Crippen molar-refractivity contribution in [3.05, 3.63) is 24.3 Å². The van der Waals surface area contributed by atoms with Crippen LogP contribution in [0.2, 0.25) is 0 Å². The Morgan fingerprint density at radius 3 is 0.793 bits per heavy atom. The molecule has 2 unspecified atom stereocenters. The molecule has 542 valence electrons. The molecule has 0 aromatic heterocycles. The van der Waals surface area contributed by atoms with E-state index in [1.807, 2.05) is 0 Å². The molecule has 0 spiro atoms. The Balaban J connectivity index is 5.28. The maximum Gasteiger partial charge on any atom is 0.472 e. The van der Waals surface area contributed by atoms with Gasteiger partial charge in [0.25, 0.3) is 0 Å². The molecule has 0 aromatic rings. The Hall–Kier alpha value is -2.46. The van der Waals surface area contributed by atoms with E-state index in [1.54, 1.807) is 0 Å². The van der Waals surface area contributed by atoms with E-state index in [0.717, 1.165) is 103 Å². The largest absolute Gasteiger partial charge is 0.472 e. The normalized spacial score (nSPS) is 14.1. The molecule has 0 rings (SSSR count). The molecule has 0 heterocycles. The van der Waals surface area contributed by atoms with E-state index in [4.69, 9.17) is 37.0 Å². The molecule has 0 aliphatic rings. The van der Waals surface area contributed by atoms with E-state index in [2.05, 4.69) is 52.0 Å². The van der Waals surface area contributed by atoms with Crippen molar-refractivity contribution in [3.63, 3.8) is 0 Å². The summed E-state index contributed by atoms with van der Waals surface area (Å²) in [5, 5.41) is 10.6. The van der Waals surface area contributed by atoms with Crippen LogP contribution in [-0.4, -0.2) is 96.7 Å². The first-order valence-electron chi connectivity index (χ1n) is 37.6. The quantitative estimate of drug-likeness (QED) is 0.0169. The van der Waals surface area contributed by atoms with Crippen LogP contribution >= 0.6 is 15.6 Å². The van der Waals surface area contributed by atoms with Crippen LogP contribution in [0, 0.1) is 0 Å². The summed E-state index contributed by atoms with van der Waals surface area (Å²) in [5.41, 5.74) is 0. The Morgan fingerprint density at radius 2 is 0.522 bits per heavy atom. The summed E-state index contributed by atoms with van der Waals surface area (Å²) in [7, 11) is -9.91. The van der Waals surface area contributed by atoms with Crippen LogP contribution in [0.5, 0.6) is 0 Å². The smallest absolute Gasteiger partial charge is 0.462 e. The van der Waals surface area contributed by atoms with Crippen LogP contribution in [0.15, 0.2) is 24.3 Å². The Kier molecular flexibility index (Phi) is 65.3. The third-order valence-corrected chi connectivity index (χ3v) is 18.4. The summed E-state index contributed by atoms with van der Waals surface area (Å²) < 4.78 is 68.4. The fourth-order valence-corrected chi connectivity index (χ4v) is 12.3. The molecule has 0 amide bonds. The summed E-state index contributed by atoms with van der Waals surface area (Å²) in [4.78, 5) is 72.6. The fourth-order valence-electron chi connectivity index (χ4n) is 10.7. The Bertz CT molecular complexity index is 1850. The second kappa shape index (κ2) is 67.1. The Labute approximate surface area is 561 Å². The minimum absolute atomic E-state index is 0.0859. The van der Waals surface area contributed by atoms with Crippen LogP contribution in [0.4, 0.5) is 0 Å². The summed E-state index contributed by atoms with van der Waals surface area (Å²) in [6.07, 6.45) is 58.9. The second-order valence-electron chi connectivity index (χ2n) is 25.6. The van der Waals surface area contributed by atoms with Gasteiger partial charge in [-0.05, 0) is 51.4 Å². The van der Waals surface area contributed by atoms with Crippen molar-refractivity contribution in [1.29, 1.82) is 0 Å². The standard InChI is InChI=1S/C73H138O17P2/c1-5-9-13-17-21-25-29-32-34-37-40-44-48-52-56-60-73(78)90-69(64-84-71(76)58-54-50-46-42-38-36-33-30-26-22-18-14-10-6-2)66-88-92(81,82)86-62-67(74)61-85-91(79,80)87-65-68(63-83-70(75)57-53-49-45-41-28-24-20-16-12-8-4)89-72(77)59-55-51-47-43-39-35-31-27-23-19-15-11-7-3/h25,29,32,34,67-69,74H,5-24,26-28,30-31,33,35-66H2,1-4H3,(H,79,80)(H,81,82)/b29-25-,34-32-/t67-,68+,69+/m0/s1. The first-order chi connectivity index (χ1) is 44.7. The van der Waals surface area contributed by atoms with Gasteiger partial charge in [-0.2, -0.15) is 0 Å². The number of hydrogen-bond donors (Lipinski definition) is 3. The maximum atomic E-state index is 13.0. The van der Waals surface area contributed by atoms with Crippen molar-refractivity contribution < 1.29 is 80.2 Å². The highest BCUT2D eigenvalue weighted by Crippen LogP contribution is 2.45. The molecule has 17 nitrogen and oxygen atoms in total. The van der Waals surface area contributed by atoms with Gasteiger partial charge in [0.15, 0.2) is 12.2 Å². The van der Waals surface area contributed by atoms with Crippen molar-refractivity contribution in [2.45, 2.75) is 380 Å². The minimum atomic E-state index is -4.96. The average molecular weight is 1350 g/mol. The highest BCUT2D eigenvalue weighted by atomic mass is 31.2. The number of aliphatic hydroxyl groups excluding tert-OH is 1. The monoisotopic (exact) mass is 1350 g/mol. The van der Waals surface area contributed by atoms with Crippen molar-refractivity contribution >= 4 is 39.5 Å². The van der Waals surface area contributed by atoms with E-state index >= 15 is 0 Å². The van der Waals surface area contributed by atoms with Gasteiger partial charge >= 0.3 is 39.5 Å². The second-order valence-corrected chi connectivity index (χ2v) is 28.6. The molecular formula is C73H138O17P2. The molecule has 0 saturated heterocycles. The van der Waals surface area contributed by atoms with Crippen molar-refractivity contribution in [1.82, 2.24) is 0 Å². The molecule has 0 aromatic carbocycles. The first-order valence-corrected chi connectivity index (χ1v) is 40.6. The van der Waals surface area contributed by atoms with Gasteiger partial charge in [0.05, 0.1) is 26.4 Å². The number of phosphoric acid groups is 2. The van der Waals surface area contributed by atoms with Gasteiger partial charge in [0.1, 0.15) is 19.3 Å². The number of aliphatic hydroxyl groups is 1. The number of allylic oxidation sites excluding steroid dienone is 4. The molecule has 0 fully saturated rings. The SMILES string of the molecule is CCCCCC/C=C\C=C/CCCCCCCC(=O)O[C@H](COC(=O)CCCCCCCCCCCCCCCC)COP(=O)(O)OC[C@@H](O)COP(=O)(O)OC[C@@H](COC(=O)CCCCCCCCCCCC)OC(=O)CCCCCCCCCCCCCCC. The van der Waals surface area contributed by atoms with Gasteiger partial charge in [-0.25, -0.2) is 9.13 Å². The highest BCUT2D eigenvalue weighted by Gasteiger charge is 2.30. The van der Waals surface area contributed by atoms with Gasteiger partial charge in [-0.1, -0.05) is 309 Å². The number of hydrogen-bond acceptors (Lipinski definition) is 15. The molecule has 3 N–H and O–H groups in total. The summed E-state index contributed by atoms with van der Waals surface area (Å²) in [6, 6.07) is 0. The number of unbranched alkanes of at least 4 members (excludes halogenated alkanes) is 43. The number of carbonyl (C=O) groups is 4. The molecule has 0 bridgehead atoms. The third kappa shape index (κ3) is 66.2. The Morgan fingerprint density at radius 1 is 0.304 bits per heavy atom. The zero-order valence-electron chi connectivity index (χ0n) is 59.0. The summed E-state index contributed by atoms with van der Waals surface area (Å²) in [5.74, 6) is -2.15. The number of ether oxygens (including phenoxy) is 4. The molecule has 92 heavy (non-hydrogen) atoms. The molecule has 0 aliphatic carbocycles. The number of phosphoric ester groups is 2. The van der Waals surface area contributed by atoms with E-state index in [9.17, 15) is 43.2 Å². The van der Waals surface area contributed by atoms with Crippen molar-refractivity contribution in [2.75, 3.05) is 39.6 Å². The topological polar surface area (TPSA) is 237 Å². The van der Waals surface area contributed by atoms with E-state index in [-0.39, 0.29) is 25.7 Å². The lowest BCUT2D eigenvalue weighted by Gasteiger charge is -2.21. The zero-order valence-corrected chi connectivity index (χ0v) is 60.8. The lowest BCUT2D eigenvalue weighted by Crippen LogP contribution is -2.30. The van der Waals surface area contributed by atoms with Gasteiger partial charge in [-0.15, -0.1) is 0 Å². The third-order valence-electron chi connectivity index (χ3n) is 16.5. The molecule has 0 radical (unpaired) electrons. The van der Waals surface area contributed by atoms with Gasteiger partial charge < -0.3 is 33.8 Å². The maximum absolute atomic E-state index is 13.0. The molecular weight excluding hydrogens is 1210 g/mol. The van der Waals surface area contributed by atoms with Crippen LogP contribution in [0.3, 0.4) is 0 Å². The number of esters is 4. The van der Waals surface area contributed by atoms with E-state index in [0.29, 0.717) is 25.7 Å². The van der Waals surface area contributed by atoms with E-state index in [1.165, 1.54) is 180 Å². The van der Waals surface area contributed by atoms with Crippen molar-refractivity contribution in [3.8, 4) is 0 Å². The first kappa shape index (κ1) is 89.5. The zero-order chi connectivity index (χ0) is 67.5. The van der Waals surface area contributed by atoms with Crippen molar-refractivity contribution in [2.24, 2.45) is 0 Å². The lowest BCUT2D eigenvalue weighted by atomic mass is 10.0. The molecule has 0 saturated carbocycles. The molecule has 19 heteroatoms. The predicted octanol–water partition coefficient (Wildman–Crippen LogP) is 21.0. The number of carbonyl (C=O) groups excluding carboxylic acids is 4. The number of rotatable bonds is 72. The van der Waals surface area contributed by atoms with Crippen LogP contribution in [-0.2, 0) is 65.4 Å². The fraction of sp³-hybridized carbons (Fsp3) is 0.890. The molecule has 5 atom stereocenters. The van der Waals surface area contributed by atoms with E-state index < -0.39 is 97.5 Å². The lowest BCUT2D eigenvalue weighted by molar-refractivity contribution is -0.161. The van der Waals surface area contributed by atoms with Gasteiger partial charge in [0.2, 0.25) is 0 Å². The molecule has 0 aliphatic heterocycles. The minimum Gasteiger partial charge on any atom is -0.462 e.